The summed E-state index contributed by atoms with van der Waals surface area (Å²) in [5, 5.41) is 5.04. The highest BCUT2D eigenvalue weighted by atomic mass is 19.4. The first-order valence-corrected chi connectivity index (χ1v) is 5.97. The Hall–Kier alpha value is -1.63. The summed E-state index contributed by atoms with van der Waals surface area (Å²) in [5.74, 6) is -2.05. The number of hydrogen-bond donors (Lipinski definition) is 2. The highest BCUT2D eigenvalue weighted by molar-refractivity contribution is 5.82. The maximum Gasteiger partial charge on any atom is 0.471 e. The number of hydrogen-bond acceptors (Lipinski definition) is 3. The monoisotopic (exact) mass is 273 g/mol. The van der Waals surface area contributed by atoms with Gasteiger partial charge in [-0.25, -0.2) is 0 Å². The summed E-state index contributed by atoms with van der Waals surface area (Å²) < 4.78 is 36.9. The first-order chi connectivity index (χ1) is 8.98. The fourth-order valence-corrected chi connectivity index (χ4v) is 2.25. The summed E-state index contributed by atoms with van der Waals surface area (Å²) in [6.07, 6.45) is -0.956. The summed E-state index contributed by atoms with van der Waals surface area (Å²) in [7, 11) is 0. The van der Waals surface area contributed by atoms with Gasteiger partial charge in [0.25, 0.3) is 0 Å². The third kappa shape index (κ3) is 3.44. The zero-order valence-electron chi connectivity index (χ0n) is 10.1. The Morgan fingerprint density at radius 1 is 1.47 bits per heavy atom. The number of carbonyl (C=O) groups is 1. The van der Waals surface area contributed by atoms with E-state index in [0.29, 0.717) is 19.5 Å². The second kappa shape index (κ2) is 5.56. The molecule has 1 aromatic rings. The summed E-state index contributed by atoms with van der Waals surface area (Å²) in [5.41, 5.74) is 0.844. The SMILES string of the molecule is O=C(NC1CNCCC1c1cccnc1)C(F)(F)F. The van der Waals surface area contributed by atoms with Gasteiger partial charge < -0.3 is 10.6 Å². The fourth-order valence-electron chi connectivity index (χ4n) is 2.25. The fraction of sp³-hybridized carbons (Fsp3) is 0.500. The van der Waals surface area contributed by atoms with Gasteiger partial charge in [0, 0.05) is 30.9 Å². The van der Waals surface area contributed by atoms with E-state index in [4.69, 9.17) is 0 Å². The zero-order chi connectivity index (χ0) is 13.9. The lowest BCUT2D eigenvalue weighted by molar-refractivity contribution is -0.174. The van der Waals surface area contributed by atoms with Crippen LogP contribution in [0.3, 0.4) is 0 Å². The minimum absolute atomic E-state index is 0.152. The highest BCUT2D eigenvalue weighted by Gasteiger charge is 2.41. The number of alkyl halides is 3. The Morgan fingerprint density at radius 2 is 2.26 bits per heavy atom. The third-order valence-corrected chi connectivity index (χ3v) is 3.17. The molecular formula is C12H14F3N3O. The number of aromatic nitrogens is 1. The molecule has 1 aliphatic heterocycles. The molecule has 19 heavy (non-hydrogen) atoms. The quantitative estimate of drug-likeness (QED) is 0.851. The molecule has 0 spiro atoms. The van der Waals surface area contributed by atoms with Crippen molar-refractivity contribution < 1.29 is 18.0 Å². The molecule has 2 rings (SSSR count). The summed E-state index contributed by atoms with van der Waals surface area (Å²) in [6.45, 7) is 1.03. The van der Waals surface area contributed by atoms with Crippen LogP contribution in [0.25, 0.3) is 0 Å². The van der Waals surface area contributed by atoms with E-state index in [1.165, 1.54) is 0 Å². The van der Waals surface area contributed by atoms with Gasteiger partial charge in [-0.1, -0.05) is 6.07 Å². The van der Waals surface area contributed by atoms with Gasteiger partial charge in [-0.05, 0) is 24.6 Å². The van der Waals surface area contributed by atoms with Gasteiger partial charge in [-0.15, -0.1) is 0 Å². The predicted octanol–water partition coefficient (Wildman–Crippen LogP) is 1.21. The lowest BCUT2D eigenvalue weighted by Crippen LogP contribution is -2.53. The molecule has 0 aromatic carbocycles. The summed E-state index contributed by atoms with van der Waals surface area (Å²) >= 11 is 0. The Bertz CT molecular complexity index is 436. The summed E-state index contributed by atoms with van der Waals surface area (Å²) in [6, 6.07) is 2.97. The number of rotatable bonds is 2. The molecular weight excluding hydrogens is 259 g/mol. The maximum atomic E-state index is 12.3. The minimum Gasteiger partial charge on any atom is -0.344 e. The van der Waals surface area contributed by atoms with E-state index >= 15 is 0 Å². The third-order valence-electron chi connectivity index (χ3n) is 3.17. The molecule has 0 saturated carbocycles. The largest absolute Gasteiger partial charge is 0.471 e. The molecule has 0 bridgehead atoms. The lowest BCUT2D eigenvalue weighted by Gasteiger charge is -2.33. The molecule has 0 radical (unpaired) electrons. The van der Waals surface area contributed by atoms with E-state index in [1.54, 1.807) is 18.5 Å². The number of carbonyl (C=O) groups excluding carboxylic acids is 1. The van der Waals surface area contributed by atoms with Crippen molar-refractivity contribution in [2.75, 3.05) is 13.1 Å². The highest BCUT2D eigenvalue weighted by Crippen LogP contribution is 2.26. The van der Waals surface area contributed by atoms with Crippen molar-refractivity contribution in [1.29, 1.82) is 0 Å². The van der Waals surface area contributed by atoms with Crippen molar-refractivity contribution in [2.24, 2.45) is 0 Å². The van der Waals surface area contributed by atoms with Crippen molar-refractivity contribution in [3.8, 4) is 0 Å². The van der Waals surface area contributed by atoms with Gasteiger partial charge in [-0.3, -0.25) is 9.78 Å². The van der Waals surface area contributed by atoms with Crippen molar-refractivity contribution in [3.05, 3.63) is 30.1 Å². The van der Waals surface area contributed by atoms with E-state index in [1.807, 2.05) is 6.07 Å². The van der Waals surface area contributed by atoms with Crippen molar-refractivity contribution in [3.63, 3.8) is 0 Å². The molecule has 2 atom stereocenters. The van der Waals surface area contributed by atoms with Crippen molar-refractivity contribution in [1.82, 2.24) is 15.6 Å². The van der Waals surface area contributed by atoms with E-state index in [0.717, 1.165) is 5.56 Å². The molecule has 1 saturated heterocycles. The van der Waals surface area contributed by atoms with Crippen molar-refractivity contribution in [2.45, 2.75) is 24.6 Å². The number of nitrogens with zero attached hydrogens (tertiary/aromatic N) is 1. The number of amides is 1. The van der Waals surface area contributed by atoms with Gasteiger partial charge in [0.1, 0.15) is 0 Å². The molecule has 104 valence electrons. The zero-order valence-corrected chi connectivity index (χ0v) is 10.1. The maximum absolute atomic E-state index is 12.3. The average Bonchev–Trinajstić information content (AvgIpc) is 2.39. The van der Waals surface area contributed by atoms with Gasteiger partial charge in [0.2, 0.25) is 0 Å². The number of halogens is 3. The Kier molecular flexibility index (Phi) is 4.04. The van der Waals surface area contributed by atoms with Crippen LogP contribution in [0.5, 0.6) is 0 Å². The molecule has 2 N–H and O–H groups in total. The van der Waals surface area contributed by atoms with Gasteiger partial charge in [0.15, 0.2) is 0 Å². The normalized spacial score (nSPS) is 23.9. The molecule has 1 amide bonds. The predicted molar refractivity (Wildman–Crippen MR) is 62.5 cm³/mol. The Labute approximate surface area is 108 Å². The molecule has 4 nitrogen and oxygen atoms in total. The molecule has 1 fully saturated rings. The van der Waals surface area contributed by atoms with E-state index in [2.05, 4.69) is 15.6 Å². The van der Waals surface area contributed by atoms with Crippen molar-refractivity contribution >= 4 is 5.91 Å². The molecule has 2 unspecified atom stereocenters. The number of piperidine rings is 1. The molecule has 1 aromatic heterocycles. The topological polar surface area (TPSA) is 54.0 Å². The van der Waals surface area contributed by atoms with Crippen LogP contribution >= 0.6 is 0 Å². The van der Waals surface area contributed by atoms with E-state index in [-0.39, 0.29) is 5.92 Å². The van der Waals surface area contributed by atoms with Gasteiger partial charge in [0.05, 0.1) is 0 Å². The van der Waals surface area contributed by atoms with Crippen LogP contribution in [0.4, 0.5) is 13.2 Å². The lowest BCUT2D eigenvalue weighted by atomic mass is 9.87. The smallest absolute Gasteiger partial charge is 0.344 e. The Morgan fingerprint density at radius 3 is 2.89 bits per heavy atom. The van der Waals surface area contributed by atoms with Crippen LogP contribution in [0.2, 0.25) is 0 Å². The second-order valence-electron chi connectivity index (χ2n) is 4.46. The number of pyridine rings is 1. The van der Waals surface area contributed by atoms with Gasteiger partial charge in [-0.2, -0.15) is 13.2 Å². The van der Waals surface area contributed by atoms with E-state index < -0.39 is 18.1 Å². The first kappa shape index (κ1) is 13.8. The van der Waals surface area contributed by atoms with E-state index in [9.17, 15) is 18.0 Å². The van der Waals surface area contributed by atoms with Crippen LogP contribution in [0.15, 0.2) is 24.5 Å². The molecule has 7 heteroatoms. The molecule has 0 aliphatic carbocycles. The van der Waals surface area contributed by atoms with Gasteiger partial charge >= 0.3 is 12.1 Å². The van der Waals surface area contributed by atoms with Crippen LogP contribution in [0.1, 0.15) is 17.9 Å². The van der Waals surface area contributed by atoms with Crippen LogP contribution in [-0.2, 0) is 4.79 Å². The molecule has 2 heterocycles. The minimum atomic E-state index is -4.85. The summed E-state index contributed by atoms with van der Waals surface area (Å²) in [4.78, 5) is 15.0. The Balaban J connectivity index is 2.11. The first-order valence-electron chi connectivity index (χ1n) is 5.97. The van der Waals surface area contributed by atoms with Crippen LogP contribution < -0.4 is 10.6 Å². The van der Waals surface area contributed by atoms with Crippen LogP contribution in [0, 0.1) is 0 Å². The average molecular weight is 273 g/mol. The number of nitrogens with one attached hydrogen (secondary N) is 2. The second-order valence-corrected chi connectivity index (χ2v) is 4.46. The molecule has 1 aliphatic rings. The standard InChI is InChI=1S/C12H14F3N3O/c13-12(14,15)11(19)18-10-7-17-5-3-9(10)8-2-1-4-16-6-8/h1-2,4,6,9-10,17H,3,5,7H2,(H,18,19). The van der Waals surface area contributed by atoms with Crippen LogP contribution in [-0.4, -0.2) is 36.2 Å².